The van der Waals surface area contributed by atoms with Crippen LogP contribution in [-0.4, -0.2) is 18.5 Å². The van der Waals surface area contributed by atoms with Crippen LogP contribution in [0.5, 0.6) is 0 Å². The molecule has 1 aromatic rings. The Hall–Kier alpha value is -1.42. The lowest BCUT2D eigenvalue weighted by molar-refractivity contribution is -0.124. The Balaban J connectivity index is 1.95. The Morgan fingerprint density at radius 1 is 1.53 bits per heavy atom. The van der Waals surface area contributed by atoms with Gasteiger partial charge in [-0.25, -0.2) is 4.39 Å². The largest absolute Gasteiger partial charge is 0.355 e. The van der Waals surface area contributed by atoms with Crippen LogP contribution in [0.3, 0.4) is 0 Å². The van der Waals surface area contributed by atoms with Crippen molar-refractivity contribution < 1.29 is 9.18 Å². The molecule has 4 heteroatoms. The fourth-order valence-corrected chi connectivity index (χ4v) is 2.06. The molecule has 1 aromatic carbocycles. The van der Waals surface area contributed by atoms with E-state index in [9.17, 15) is 9.18 Å². The predicted octanol–water partition coefficient (Wildman–Crippen LogP) is 1.50. The maximum Gasteiger partial charge on any atom is 0.237 e. The SMILES string of the molecule is Cc1cc(F)ccc1CNC1CCCNC1=O. The van der Waals surface area contributed by atoms with E-state index in [2.05, 4.69) is 10.6 Å². The van der Waals surface area contributed by atoms with Crippen LogP contribution in [0.4, 0.5) is 4.39 Å². The molecule has 0 aliphatic carbocycles. The molecule has 1 amide bonds. The molecule has 0 spiro atoms. The third kappa shape index (κ3) is 3.03. The number of hydrogen-bond acceptors (Lipinski definition) is 2. The van der Waals surface area contributed by atoms with Crippen molar-refractivity contribution in [2.75, 3.05) is 6.54 Å². The van der Waals surface area contributed by atoms with Crippen molar-refractivity contribution in [2.24, 2.45) is 0 Å². The summed E-state index contributed by atoms with van der Waals surface area (Å²) in [4.78, 5) is 11.5. The molecule has 92 valence electrons. The Morgan fingerprint density at radius 2 is 2.35 bits per heavy atom. The average molecular weight is 236 g/mol. The second kappa shape index (κ2) is 5.27. The first-order chi connectivity index (χ1) is 8.16. The van der Waals surface area contributed by atoms with Crippen LogP contribution in [0.25, 0.3) is 0 Å². The Kier molecular flexibility index (Phi) is 3.74. The maximum atomic E-state index is 12.9. The summed E-state index contributed by atoms with van der Waals surface area (Å²) in [5, 5.41) is 6.04. The molecular formula is C13H17FN2O. The minimum Gasteiger partial charge on any atom is -0.355 e. The highest BCUT2D eigenvalue weighted by atomic mass is 19.1. The van der Waals surface area contributed by atoms with E-state index in [0.29, 0.717) is 6.54 Å². The molecule has 0 saturated carbocycles. The molecule has 1 aliphatic heterocycles. The molecule has 1 heterocycles. The van der Waals surface area contributed by atoms with E-state index in [1.807, 2.05) is 6.92 Å². The van der Waals surface area contributed by atoms with Gasteiger partial charge in [-0.2, -0.15) is 0 Å². The first kappa shape index (κ1) is 12.0. The van der Waals surface area contributed by atoms with Gasteiger partial charge in [0, 0.05) is 13.1 Å². The highest BCUT2D eigenvalue weighted by Gasteiger charge is 2.20. The van der Waals surface area contributed by atoms with Gasteiger partial charge in [-0.1, -0.05) is 6.07 Å². The number of rotatable bonds is 3. The van der Waals surface area contributed by atoms with Gasteiger partial charge in [0.25, 0.3) is 0 Å². The molecular weight excluding hydrogens is 219 g/mol. The zero-order valence-corrected chi connectivity index (χ0v) is 9.92. The quantitative estimate of drug-likeness (QED) is 0.835. The van der Waals surface area contributed by atoms with Crippen LogP contribution in [0.15, 0.2) is 18.2 Å². The van der Waals surface area contributed by atoms with Crippen molar-refractivity contribution in [2.45, 2.75) is 32.4 Å². The Morgan fingerprint density at radius 3 is 3.06 bits per heavy atom. The molecule has 2 rings (SSSR count). The molecule has 1 unspecified atom stereocenters. The molecule has 2 N–H and O–H groups in total. The first-order valence-corrected chi connectivity index (χ1v) is 5.93. The summed E-state index contributed by atoms with van der Waals surface area (Å²) in [5.41, 5.74) is 1.94. The lowest BCUT2D eigenvalue weighted by Crippen LogP contribution is -2.47. The standard InChI is InChI=1S/C13H17FN2O/c1-9-7-11(14)5-4-10(9)8-16-12-3-2-6-15-13(12)17/h4-5,7,12,16H,2-3,6,8H2,1H3,(H,15,17). The minimum atomic E-state index is -0.221. The van der Waals surface area contributed by atoms with E-state index in [0.717, 1.165) is 30.5 Å². The van der Waals surface area contributed by atoms with Crippen LogP contribution < -0.4 is 10.6 Å². The number of halogens is 1. The molecule has 1 atom stereocenters. The second-order valence-electron chi connectivity index (χ2n) is 4.44. The molecule has 0 bridgehead atoms. The number of nitrogens with one attached hydrogen (secondary N) is 2. The highest BCUT2D eigenvalue weighted by Crippen LogP contribution is 2.11. The van der Waals surface area contributed by atoms with Crippen molar-refractivity contribution in [3.8, 4) is 0 Å². The van der Waals surface area contributed by atoms with Gasteiger partial charge in [0.1, 0.15) is 5.82 Å². The molecule has 1 saturated heterocycles. The number of benzene rings is 1. The molecule has 3 nitrogen and oxygen atoms in total. The van der Waals surface area contributed by atoms with Crippen LogP contribution in [0, 0.1) is 12.7 Å². The smallest absolute Gasteiger partial charge is 0.237 e. The molecule has 17 heavy (non-hydrogen) atoms. The van der Waals surface area contributed by atoms with Crippen molar-refractivity contribution in [3.63, 3.8) is 0 Å². The normalized spacial score (nSPS) is 20.1. The number of aryl methyl sites for hydroxylation is 1. The lowest BCUT2D eigenvalue weighted by Gasteiger charge is -2.23. The topological polar surface area (TPSA) is 41.1 Å². The third-order valence-corrected chi connectivity index (χ3v) is 3.13. The maximum absolute atomic E-state index is 12.9. The van der Waals surface area contributed by atoms with Crippen molar-refractivity contribution in [3.05, 3.63) is 35.1 Å². The van der Waals surface area contributed by atoms with Crippen LogP contribution >= 0.6 is 0 Å². The molecule has 0 radical (unpaired) electrons. The highest BCUT2D eigenvalue weighted by molar-refractivity contribution is 5.82. The molecule has 1 fully saturated rings. The van der Waals surface area contributed by atoms with Crippen LogP contribution in [0.1, 0.15) is 24.0 Å². The summed E-state index contributed by atoms with van der Waals surface area (Å²) in [6, 6.07) is 4.61. The van der Waals surface area contributed by atoms with Gasteiger partial charge >= 0.3 is 0 Å². The molecule has 0 aromatic heterocycles. The summed E-state index contributed by atoms with van der Waals surface area (Å²) in [6.45, 7) is 3.25. The average Bonchev–Trinajstić information content (AvgIpc) is 2.30. The number of piperidine rings is 1. The zero-order chi connectivity index (χ0) is 12.3. The van der Waals surface area contributed by atoms with Gasteiger partial charge in [0.15, 0.2) is 0 Å². The van der Waals surface area contributed by atoms with Crippen LogP contribution in [-0.2, 0) is 11.3 Å². The zero-order valence-electron chi connectivity index (χ0n) is 9.92. The van der Waals surface area contributed by atoms with E-state index in [4.69, 9.17) is 0 Å². The summed E-state index contributed by atoms with van der Waals surface area (Å²) in [7, 11) is 0. The van der Waals surface area contributed by atoms with E-state index in [1.54, 1.807) is 6.07 Å². The third-order valence-electron chi connectivity index (χ3n) is 3.13. The van der Waals surface area contributed by atoms with E-state index >= 15 is 0 Å². The van der Waals surface area contributed by atoms with Crippen molar-refractivity contribution in [1.29, 1.82) is 0 Å². The summed E-state index contributed by atoms with van der Waals surface area (Å²) in [6.07, 6.45) is 1.87. The van der Waals surface area contributed by atoms with Gasteiger partial charge < -0.3 is 10.6 Å². The lowest BCUT2D eigenvalue weighted by atomic mass is 10.0. The van der Waals surface area contributed by atoms with Gasteiger partial charge in [-0.3, -0.25) is 4.79 Å². The summed E-state index contributed by atoms with van der Waals surface area (Å²) in [5.74, 6) is -0.155. The monoisotopic (exact) mass is 236 g/mol. The van der Waals surface area contributed by atoms with E-state index in [1.165, 1.54) is 12.1 Å². The fourth-order valence-electron chi connectivity index (χ4n) is 2.06. The number of carbonyl (C=O) groups excluding carboxylic acids is 1. The predicted molar refractivity (Wildman–Crippen MR) is 64.0 cm³/mol. The van der Waals surface area contributed by atoms with Gasteiger partial charge in [-0.15, -0.1) is 0 Å². The van der Waals surface area contributed by atoms with Crippen molar-refractivity contribution in [1.82, 2.24) is 10.6 Å². The van der Waals surface area contributed by atoms with Crippen molar-refractivity contribution >= 4 is 5.91 Å². The minimum absolute atomic E-state index is 0.0658. The number of amides is 1. The Labute approximate surface area is 100 Å². The fraction of sp³-hybridized carbons (Fsp3) is 0.462. The summed E-state index contributed by atoms with van der Waals surface area (Å²) >= 11 is 0. The van der Waals surface area contributed by atoms with Crippen LogP contribution in [0.2, 0.25) is 0 Å². The molecule has 1 aliphatic rings. The number of carbonyl (C=O) groups is 1. The van der Waals surface area contributed by atoms with Gasteiger partial charge in [0.05, 0.1) is 6.04 Å². The number of hydrogen-bond donors (Lipinski definition) is 2. The summed E-state index contributed by atoms with van der Waals surface area (Å²) < 4.78 is 12.9. The van der Waals surface area contributed by atoms with E-state index < -0.39 is 0 Å². The first-order valence-electron chi connectivity index (χ1n) is 5.93. The van der Waals surface area contributed by atoms with Gasteiger partial charge in [0.2, 0.25) is 5.91 Å². The Bertz CT molecular complexity index is 420. The van der Waals surface area contributed by atoms with Gasteiger partial charge in [-0.05, 0) is 43.0 Å². The second-order valence-corrected chi connectivity index (χ2v) is 4.44. The van der Waals surface area contributed by atoms with E-state index in [-0.39, 0.29) is 17.8 Å².